The second-order valence-corrected chi connectivity index (χ2v) is 4.72. The predicted molar refractivity (Wildman–Crippen MR) is 43.8 cm³/mol. The molecule has 2 fully saturated rings. The minimum absolute atomic E-state index is 0.860. The molecule has 10 heavy (non-hydrogen) atoms. The van der Waals surface area contributed by atoms with E-state index < -0.39 is 0 Å². The molecule has 0 nitrogen and oxygen atoms in total. The highest BCUT2D eigenvalue weighted by molar-refractivity contribution is 4.96. The summed E-state index contributed by atoms with van der Waals surface area (Å²) in [5.41, 5.74) is 0.860. The Morgan fingerprint density at radius 2 is 1.50 bits per heavy atom. The van der Waals surface area contributed by atoms with Gasteiger partial charge in [0.1, 0.15) is 0 Å². The van der Waals surface area contributed by atoms with Crippen molar-refractivity contribution in [3.05, 3.63) is 0 Å². The highest BCUT2D eigenvalue weighted by Gasteiger charge is 2.45. The lowest BCUT2D eigenvalue weighted by Crippen LogP contribution is -2.25. The fourth-order valence-electron chi connectivity index (χ4n) is 2.94. The van der Waals surface area contributed by atoms with Crippen molar-refractivity contribution in [2.75, 3.05) is 0 Å². The van der Waals surface area contributed by atoms with Gasteiger partial charge in [0.05, 0.1) is 0 Å². The van der Waals surface area contributed by atoms with Gasteiger partial charge in [-0.25, -0.2) is 0 Å². The number of rotatable bonds is 0. The minimum Gasteiger partial charge on any atom is -0.0622 e. The summed E-state index contributed by atoms with van der Waals surface area (Å²) in [4.78, 5) is 0. The van der Waals surface area contributed by atoms with Crippen molar-refractivity contribution in [1.29, 1.82) is 0 Å². The molecule has 0 amide bonds. The molecule has 0 radical (unpaired) electrons. The first-order valence-corrected chi connectivity index (χ1v) is 4.72. The van der Waals surface area contributed by atoms with E-state index in [0.717, 1.165) is 17.3 Å². The van der Waals surface area contributed by atoms with Crippen LogP contribution in [0.15, 0.2) is 0 Å². The molecule has 0 aromatic heterocycles. The van der Waals surface area contributed by atoms with Gasteiger partial charge in [-0.3, -0.25) is 0 Å². The van der Waals surface area contributed by atoms with Crippen LogP contribution in [0.5, 0.6) is 0 Å². The van der Waals surface area contributed by atoms with Crippen LogP contribution in [-0.4, -0.2) is 0 Å². The highest BCUT2D eigenvalue weighted by atomic mass is 14.5. The zero-order chi connectivity index (χ0) is 7.19. The summed E-state index contributed by atoms with van der Waals surface area (Å²) < 4.78 is 0. The lowest BCUT2D eigenvalue weighted by molar-refractivity contribution is 0.135. The molecule has 1 spiro atoms. The third kappa shape index (κ3) is 0.810. The molecule has 2 aliphatic rings. The van der Waals surface area contributed by atoms with Crippen LogP contribution in [0.2, 0.25) is 0 Å². The van der Waals surface area contributed by atoms with Gasteiger partial charge in [-0.1, -0.05) is 20.3 Å². The van der Waals surface area contributed by atoms with Crippen LogP contribution in [0.25, 0.3) is 0 Å². The van der Waals surface area contributed by atoms with Crippen molar-refractivity contribution in [3.63, 3.8) is 0 Å². The minimum atomic E-state index is 0.860. The smallest absolute Gasteiger partial charge is 0.0292 e. The van der Waals surface area contributed by atoms with Gasteiger partial charge in [0.15, 0.2) is 0 Å². The molecule has 2 saturated carbocycles. The maximum absolute atomic E-state index is 2.43. The molecule has 2 unspecified atom stereocenters. The molecule has 0 heterocycles. The van der Waals surface area contributed by atoms with Crippen molar-refractivity contribution < 1.29 is 0 Å². The van der Waals surface area contributed by atoms with Gasteiger partial charge in [0.2, 0.25) is 0 Å². The standard InChI is InChI=1S/C10H18/c1-8-6-10(4-3-5-10)7-9(8)2/h8-9H,3-7H2,1-2H3. The molecule has 2 aliphatic carbocycles. The summed E-state index contributed by atoms with van der Waals surface area (Å²) in [5.74, 6) is 2.03. The average molecular weight is 138 g/mol. The van der Waals surface area contributed by atoms with Gasteiger partial charge in [0, 0.05) is 0 Å². The Balaban J connectivity index is 2.03. The fraction of sp³-hybridized carbons (Fsp3) is 1.00. The molecular weight excluding hydrogens is 120 g/mol. The first-order valence-electron chi connectivity index (χ1n) is 4.72. The van der Waals surface area contributed by atoms with Gasteiger partial charge < -0.3 is 0 Å². The summed E-state index contributed by atoms with van der Waals surface area (Å²) in [6, 6.07) is 0. The van der Waals surface area contributed by atoms with Crippen molar-refractivity contribution in [3.8, 4) is 0 Å². The molecule has 58 valence electrons. The maximum atomic E-state index is 2.43. The average Bonchev–Trinajstić information content (AvgIpc) is 2.08. The third-order valence-electron chi connectivity index (χ3n) is 3.90. The van der Waals surface area contributed by atoms with Gasteiger partial charge in [-0.05, 0) is 42.9 Å². The van der Waals surface area contributed by atoms with Crippen molar-refractivity contribution in [1.82, 2.24) is 0 Å². The molecule has 0 aliphatic heterocycles. The van der Waals surface area contributed by atoms with E-state index in [9.17, 15) is 0 Å². The first kappa shape index (κ1) is 6.69. The fourth-order valence-corrected chi connectivity index (χ4v) is 2.94. The van der Waals surface area contributed by atoms with Crippen LogP contribution in [0.1, 0.15) is 46.0 Å². The van der Waals surface area contributed by atoms with Gasteiger partial charge in [-0.2, -0.15) is 0 Å². The Morgan fingerprint density at radius 3 is 1.70 bits per heavy atom. The molecule has 2 rings (SSSR count). The molecule has 0 aromatic rings. The summed E-state index contributed by atoms with van der Waals surface area (Å²) in [6.45, 7) is 4.86. The lowest BCUT2D eigenvalue weighted by Gasteiger charge is -2.38. The van der Waals surface area contributed by atoms with Crippen LogP contribution in [0.3, 0.4) is 0 Å². The van der Waals surface area contributed by atoms with Crippen LogP contribution in [0, 0.1) is 17.3 Å². The molecule has 0 N–H and O–H groups in total. The number of hydrogen-bond acceptors (Lipinski definition) is 0. The zero-order valence-corrected chi connectivity index (χ0v) is 7.19. The monoisotopic (exact) mass is 138 g/mol. The predicted octanol–water partition coefficient (Wildman–Crippen LogP) is 3.22. The quantitative estimate of drug-likeness (QED) is 0.482. The molecule has 0 saturated heterocycles. The highest BCUT2D eigenvalue weighted by Crippen LogP contribution is 2.56. The van der Waals surface area contributed by atoms with E-state index >= 15 is 0 Å². The van der Waals surface area contributed by atoms with Crippen LogP contribution >= 0.6 is 0 Å². The second-order valence-electron chi connectivity index (χ2n) is 4.72. The van der Waals surface area contributed by atoms with E-state index in [1.165, 1.54) is 19.3 Å². The van der Waals surface area contributed by atoms with Crippen LogP contribution < -0.4 is 0 Å². The molecule has 0 aromatic carbocycles. The van der Waals surface area contributed by atoms with Crippen LogP contribution in [-0.2, 0) is 0 Å². The second kappa shape index (κ2) is 1.99. The molecule has 0 bridgehead atoms. The Kier molecular flexibility index (Phi) is 1.33. The Bertz CT molecular complexity index is 121. The summed E-state index contributed by atoms with van der Waals surface area (Å²) in [7, 11) is 0. The van der Waals surface area contributed by atoms with E-state index in [1.54, 1.807) is 12.8 Å². The van der Waals surface area contributed by atoms with Crippen LogP contribution in [0.4, 0.5) is 0 Å². The van der Waals surface area contributed by atoms with Crippen molar-refractivity contribution in [2.45, 2.75) is 46.0 Å². The van der Waals surface area contributed by atoms with E-state index in [1.807, 2.05) is 0 Å². The summed E-state index contributed by atoms with van der Waals surface area (Å²) in [6.07, 6.45) is 7.67. The normalized spacial score (nSPS) is 43.8. The third-order valence-corrected chi connectivity index (χ3v) is 3.90. The molecule has 0 heteroatoms. The maximum Gasteiger partial charge on any atom is -0.0292 e. The molecular formula is C10H18. The topological polar surface area (TPSA) is 0 Å². The summed E-state index contributed by atoms with van der Waals surface area (Å²) >= 11 is 0. The van der Waals surface area contributed by atoms with Gasteiger partial charge in [0.25, 0.3) is 0 Å². The first-order chi connectivity index (χ1) is 4.72. The van der Waals surface area contributed by atoms with E-state index in [-0.39, 0.29) is 0 Å². The van der Waals surface area contributed by atoms with E-state index in [0.29, 0.717) is 0 Å². The lowest BCUT2D eigenvalue weighted by atomic mass is 9.67. The SMILES string of the molecule is CC1CC2(CCC2)CC1C. The van der Waals surface area contributed by atoms with E-state index in [4.69, 9.17) is 0 Å². The largest absolute Gasteiger partial charge is 0.0622 e. The Morgan fingerprint density at radius 1 is 1.00 bits per heavy atom. The van der Waals surface area contributed by atoms with E-state index in [2.05, 4.69) is 13.8 Å². The Hall–Kier alpha value is 0. The zero-order valence-electron chi connectivity index (χ0n) is 7.19. The van der Waals surface area contributed by atoms with Gasteiger partial charge in [-0.15, -0.1) is 0 Å². The number of hydrogen-bond donors (Lipinski definition) is 0. The van der Waals surface area contributed by atoms with Gasteiger partial charge >= 0.3 is 0 Å². The van der Waals surface area contributed by atoms with Crippen molar-refractivity contribution >= 4 is 0 Å². The Labute approximate surface area is 64.0 Å². The summed E-state index contributed by atoms with van der Waals surface area (Å²) in [5, 5.41) is 0. The molecule has 2 atom stereocenters. The van der Waals surface area contributed by atoms with Crippen molar-refractivity contribution in [2.24, 2.45) is 17.3 Å².